The molecule has 1 unspecified atom stereocenters. The molecule has 0 radical (unpaired) electrons. The van der Waals surface area contributed by atoms with Crippen LogP contribution < -0.4 is 5.32 Å². The van der Waals surface area contributed by atoms with E-state index in [2.05, 4.69) is 23.5 Å². The summed E-state index contributed by atoms with van der Waals surface area (Å²) in [7, 11) is 1.92. The molecule has 0 bridgehead atoms. The van der Waals surface area contributed by atoms with Gasteiger partial charge in [0, 0.05) is 4.90 Å². The Morgan fingerprint density at radius 1 is 1.27 bits per heavy atom. The molecule has 2 nitrogen and oxygen atoms in total. The van der Waals surface area contributed by atoms with Gasteiger partial charge in [0.15, 0.2) is 0 Å². The molecule has 1 aromatic rings. The van der Waals surface area contributed by atoms with Crippen molar-refractivity contribution < 1.29 is 5.11 Å². The van der Waals surface area contributed by atoms with Gasteiger partial charge < -0.3 is 10.4 Å². The number of hydrogen-bond acceptors (Lipinski definition) is 3. The number of aliphatic hydroxyl groups is 1. The highest BCUT2D eigenvalue weighted by atomic mass is 32.2. The van der Waals surface area contributed by atoms with Crippen molar-refractivity contribution in [3.05, 3.63) is 29.8 Å². The van der Waals surface area contributed by atoms with E-state index < -0.39 is 0 Å². The zero-order valence-electron chi connectivity index (χ0n) is 13.9. The fraction of sp³-hybridized carbons (Fsp3) is 0.684. The van der Waals surface area contributed by atoms with Crippen molar-refractivity contribution in [3.8, 4) is 0 Å². The Kier molecular flexibility index (Phi) is 8.35. The number of rotatable bonds is 9. The predicted octanol–water partition coefficient (Wildman–Crippen LogP) is 4.78. The highest BCUT2D eigenvalue weighted by molar-refractivity contribution is 7.99. The van der Waals surface area contributed by atoms with E-state index in [0.717, 1.165) is 24.4 Å². The third-order valence-electron chi connectivity index (χ3n) is 4.66. The SMILES string of the molecule is CNCCC(O)c1cccc(SCCCC2CCCCC2)c1. The highest BCUT2D eigenvalue weighted by Gasteiger charge is 2.12. The summed E-state index contributed by atoms with van der Waals surface area (Å²) in [6, 6.07) is 8.43. The maximum atomic E-state index is 10.2. The molecule has 1 aliphatic rings. The molecule has 1 atom stereocenters. The van der Waals surface area contributed by atoms with Crippen LogP contribution in [0.4, 0.5) is 0 Å². The van der Waals surface area contributed by atoms with E-state index in [9.17, 15) is 5.11 Å². The van der Waals surface area contributed by atoms with E-state index in [1.807, 2.05) is 24.9 Å². The second kappa shape index (κ2) is 10.3. The molecule has 0 heterocycles. The smallest absolute Gasteiger partial charge is 0.0802 e. The molecule has 1 fully saturated rings. The molecule has 0 saturated heterocycles. The Bertz CT molecular complexity index is 418. The van der Waals surface area contributed by atoms with Gasteiger partial charge in [-0.25, -0.2) is 0 Å². The maximum absolute atomic E-state index is 10.2. The lowest BCUT2D eigenvalue weighted by atomic mass is 9.86. The van der Waals surface area contributed by atoms with E-state index in [1.54, 1.807) is 0 Å². The third kappa shape index (κ3) is 6.31. The summed E-state index contributed by atoms with van der Waals surface area (Å²) in [6.07, 6.45) is 10.4. The van der Waals surface area contributed by atoms with Crippen LogP contribution in [-0.4, -0.2) is 24.5 Å². The van der Waals surface area contributed by atoms with Crippen molar-refractivity contribution in [1.82, 2.24) is 5.32 Å². The molecule has 0 aliphatic heterocycles. The van der Waals surface area contributed by atoms with Crippen molar-refractivity contribution in [1.29, 1.82) is 0 Å². The zero-order chi connectivity index (χ0) is 15.6. The molecular formula is C19H31NOS. The Morgan fingerprint density at radius 2 is 2.09 bits per heavy atom. The molecule has 1 aliphatic carbocycles. The van der Waals surface area contributed by atoms with Gasteiger partial charge in [0.2, 0.25) is 0 Å². The van der Waals surface area contributed by atoms with Gasteiger partial charge in [0.1, 0.15) is 0 Å². The van der Waals surface area contributed by atoms with E-state index >= 15 is 0 Å². The number of thioether (sulfide) groups is 1. The van der Waals surface area contributed by atoms with Crippen LogP contribution >= 0.6 is 11.8 Å². The quantitative estimate of drug-likeness (QED) is 0.507. The van der Waals surface area contributed by atoms with Crippen LogP contribution in [0.1, 0.15) is 63.0 Å². The normalized spacial score (nSPS) is 17.5. The van der Waals surface area contributed by atoms with Crippen molar-refractivity contribution in [2.24, 2.45) is 5.92 Å². The van der Waals surface area contributed by atoms with Crippen molar-refractivity contribution >= 4 is 11.8 Å². The van der Waals surface area contributed by atoms with Crippen LogP contribution in [0, 0.1) is 5.92 Å². The Balaban J connectivity index is 1.70. The first-order valence-electron chi connectivity index (χ1n) is 8.85. The topological polar surface area (TPSA) is 32.3 Å². The standard InChI is InChI=1S/C19H31NOS/c1-20-13-12-19(21)17-10-5-11-18(15-17)22-14-6-9-16-7-3-2-4-8-16/h5,10-11,15-16,19-21H,2-4,6-9,12-14H2,1H3. The lowest BCUT2D eigenvalue weighted by molar-refractivity contribution is 0.167. The molecule has 0 spiro atoms. The van der Waals surface area contributed by atoms with Crippen molar-refractivity contribution in [2.75, 3.05) is 19.3 Å². The largest absolute Gasteiger partial charge is 0.388 e. The van der Waals surface area contributed by atoms with E-state index in [-0.39, 0.29) is 6.10 Å². The molecule has 22 heavy (non-hydrogen) atoms. The second-order valence-corrected chi connectivity index (χ2v) is 7.64. The Hall–Kier alpha value is -0.510. The molecule has 0 aromatic heterocycles. The molecule has 0 amide bonds. The molecule has 1 saturated carbocycles. The molecule has 2 rings (SSSR count). The minimum absolute atomic E-state index is 0.352. The van der Waals surface area contributed by atoms with Crippen LogP contribution in [0.5, 0.6) is 0 Å². The second-order valence-electron chi connectivity index (χ2n) is 6.48. The number of aliphatic hydroxyl groups excluding tert-OH is 1. The lowest BCUT2D eigenvalue weighted by Gasteiger charge is -2.21. The van der Waals surface area contributed by atoms with E-state index in [0.29, 0.717) is 0 Å². The van der Waals surface area contributed by atoms with Crippen molar-refractivity contribution in [2.45, 2.75) is 62.4 Å². The predicted molar refractivity (Wildman–Crippen MR) is 96.5 cm³/mol. The van der Waals surface area contributed by atoms with Gasteiger partial charge in [-0.2, -0.15) is 0 Å². The molecular weight excluding hydrogens is 290 g/mol. The van der Waals surface area contributed by atoms with Gasteiger partial charge in [-0.1, -0.05) is 44.2 Å². The average Bonchev–Trinajstić information content (AvgIpc) is 2.58. The number of hydrogen-bond donors (Lipinski definition) is 2. The number of benzene rings is 1. The Morgan fingerprint density at radius 3 is 2.86 bits per heavy atom. The first kappa shape index (κ1) is 17.8. The van der Waals surface area contributed by atoms with Crippen LogP contribution in [-0.2, 0) is 0 Å². The van der Waals surface area contributed by atoms with Gasteiger partial charge in [-0.3, -0.25) is 0 Å². The maximum Gasteiger partial charge on any atom is 0.0802 e. The van der Waals surface area contributed by atoms with Crippen LogP contribution in [0.15, 0.2) is 29.2 Å². The van der Waals surface area contributed by atoms with Gasteiger partial charge >= 0.3 is 0 Å². The summed E-state index contributed by atoms with van der Waals surface area (Å²) in [5.41, 5.74) is 1.05. The fourth-order valence-electron chi connectivity index (χ4n) is 3.30. The summed E-state index contributed by atoms with van der Waals surface area (Å²) in [6.45, 7) is 0.847. The van der Waals surface area contributed by atoms with E-state index in [1.165, 1.54) is 55.6 Å². The van der Waals surface area contributed by atoms with E-state index in [4.69, 9.17) is 0 Å². The monoisotopic (exact) mass is 321 g/mol. The van der Waals surface area contributed by atoms with Crippen LogP contribution in [0.25, 0.3) is 0 Å². The minimum atomic E-state index is -0.352. The molecule has 124 valence electrons. The highest BCUT2D eigenvalue weighted by Crippen LogP contribution is 2.29. The minimum Gasteiger partial charge on any atom is -0.388 e. The average molecular weight is 322 g/mol. The fourth-order valence-corrected chi connectivity index (χ4v) is 4.24. The molecule has 3 heteroatoms. The van der Waals surface area contributed by atoms with Crippen LogP contribution in [0.2, 0.25) is 0 Å². The molecule has 1 aromatic carbocycles. The lowest BCUT2D eigenvalue weighted by Crippen LogP contribution is -2.11. The summed E-state index contributed by atoms with van der Waals surface area (Å²) in [5.74, 6) is 2.19. The first-order chi connectivity index (χ1) is 10.8. The summed E-state index contributed by atoms with van der Waals surface area (Å²) in [5, 5.41) is 13.3. The summed E-state index contributed by atoms with van der Waals surface area (Å²) < 4.78 is 0. The van der Waals surface area contributed by atoms with Gasteiger partial charge in [-0.05, 0) is 62.2 Å². The van der Waals surface area contributed by atoms with Gasteiger partial charge in [-0.15, -0.1) is 11.8 Å². The van der Waals surface area contributed by atoms with Gasteiger partial charge in [0.05, 0.1) is 6.10 Å². The van der Waals surface area contributed by atoms with Gasteiger partial charge in [0.25, 0.3) is 0 Å². The number of nitrogens with one attached hydrogen (secondary N) is 1. The van der Waals surface area contributed by atoms with Crippen molar-refractivity contribution in [3.63, 3.8) is 0 Å². The third-order valence-corrected chi connectivity index (χ3v) is 5.74. The zero-order valence-corrected chi connectivity index (χ0v) is 14.7. The Labute approximate surface area is 140 Å². The summed E-state index contributed by atoms with van der Waals surface area (Å²) >= 11 is 1.94. The summed E-state index contributed by atoms with van der Waals surface area (Å²) in [4.78, 5) is 1.30. The molecule has 2 N–H and O–H groups in total. The first-order valence-corrected chi connectivity index (χ1v) is 9.83. The van der Waals surface area contributed by atoms with Crippen LogP contribution in [0.3, 0.4) is 0 Å².